The maximum atomic E-state index is 12.2. The van der Waals surface area contributed by atoms with E-state index in [1.54, 1.807) is 6.20 Å². The molecule has 0 radical (unpaired) electrons. The molecule has 0 saturated heterocycles. The van der Waals surface area contributed by atoms with E-state index in [4.69, 9.17) is 0 Å². The number of carbonyl (C=O) groups excluding carboxylic acids is 1. The standard InChI is InChI=1S/C14H17N3O2S/c1-9(2)7-11(14-15-5-6-20-14)17-13(19)10-3-4-12(18)16-8-10/h3-6,8-9,11H,7H2,1-2H3,(H,16,18)(H,17,19). The molecule has 0 aliphatic carbocycles. The van der Waals surface area contributed by atoms with Crippen molar-refractivity contribution < 1.29 is 4.79 Å². The zero-order chi connectivity index (χ0) is 14.5. The van der Waals surface area contributed by atoms with Gasteiger partial charge in [0.1, 0.15) is 5.01 Å². The minimum Gasteiger partial charge on any atom is -0.343 e. The van der Waals surface area contributed by atoms with Gasteiger partial charge in [-0.1, -0.05) is 13.8 Å². The van der Waals surface area contributed by atoms with Crippen LogP contribution in [0.1, 0.15) is 41.7 Å². The van der Waals surface area contributed by atoms with Crippen molar-refractivity contribution in [1.29, 1.82) is 0 Å². The van der Waals surface area contributed by atoms with E-state index in [1.165, 1.54) is 29.7 Å². The normalized spacial score (nSPS) is 12.3. The average molecular weight is 291 g/mol. The van der Waals surface area contributed by atoms with Gasteiger partial charge in [-0.15, -0.1) is 11.3 Å². The van der Waals surface area contributed by atoms with Gasteiger partial charge in [0, 0.05) is 23.8 Å². The first kappa shape index (κ1) is 14.5. The molecular formula is C14H17N3O2S. The molecule has 2 aromatic rings. The van der Waals surface area contributed by atoms with Crippen LogP contribution in [0.4, 0.5) is 0 Å². The van der Waals surface area contributed by atoms with Crippen LogP contribution in [0, 0.1) is 5.92 Å². The van der Waals surface area contributed by atoms with Crippen molar-refractivity contribution in [3.05, 3.63) is 50.8 Å². The molecular weight excluding hydrogens is 274 g/mol. The number of aromatic nitrogens is 2. The van der Waals surface area contributed by atoms with Crippen molar-refractivity contribution in [2.24, 2.45) is 5.92 Å². The number of hydrogen-bond donors (Lipinski definition) is 2. The number of nitrogens with one attached hydrogen (secondary N) is 2. The summed E-state index contributed by atoms with van der Waals surface area (Å²) >= 11 is 1.53. The maximum Gasteiger partial charge on any atom is 0.253 e. The second kappa shape index (κ2) is 6.47. The van der Waals surface area contributed by atoms with Gasteiger partial charge in [0.05, 0.1) is 11.6 Å². The lowest BCUT2D eigenvalue weighted by Crippen LogP contribution is -2.29. The lowest BCUT2D eigenvalue weighted by Gasteiger charge is -2.18. The summed E-state index contributed by atoms with van der Waals surface area (Å²) in [5.41, 5.74) is 0.218. The molecule has 0 saturated carbocycles. The van der Waals surface area contributed by atoms with E-state index in [0.717, 1.165) is 11.4 Å². The SMILES string of the molecule is CC(C)CC(NC(=O)c1ccc(=O)[nH]c1)c1nccs1. The molecule has 1 amide bonds. The van der Waals surface area contributed by atoms with Gasteiger partial charge in [-0.3, -0.25) is 9.59 Å². The highest BCUT2D eigenvalue weighted by Gasteiger charge is 2.19. The number of carbonyl (C=O) groups is 1. The number of thiazole rings is 1. The molecule has 20 heavy (non-hydrogen) atoms. The van der Waals surface area contributed by atoms with Gasteiger partial charge in [0.2, 0.25) is 5.56 Å². The molecule has 2 aromatic heterocycles. The van der Waals surface area contributed by atoms with Crippen LogP contribution in [0.2, 0.25) is 0 Å². The van der Waals surface area contributed by atoms with Crippen molar-refractivity contribution in [3.63, 3.8) is 0 Å². The summed E-state index contributed by atoms with van der Waals surface area (Å²) in [7, 11) is 0. The number of pyridine rings is 1. The Balaban J connectivity index is 2.13. The number of nitrogens with zero attached hydrogens (tertiary/aromatic N) is 1. The Morgan fingerprint density at radius 2 is 2.25 bits per heavy atom. The third-order valence-electron chi connectivity index (χ3n) is 2.81. The Kier molecular flexibility index (Phi) is 4.68. The van der Waals surface area contributed by atoms with Gasteiger partial charge in [0.15, 0.2) is 0 Å². The molecule has 2 rings (SSSR count). The van der Waals surface area contributed by atoms with Gasteiger partial charge >= 0.3 is 0 Å². The predicted molar refractivity (Wildman–Crippen MR) is 78.8 cm³/mol. The van der Waals surface area contributed by atoms with Crippen molar-refractivity contribution >= 4 is 17.2 Å². The second-order valence-electron chi connectivity index (χ2n) is 4.97. The summed E-state index contributed by atoms with van der Waals surface area (Å²) in [4.78, 5) is 30.0. The number of H-pyrrole nitrogens is 1. The highest BCUT2D eigenvalue weighted by atomic mass is 32.1. The molecule has 0 aliphatic heterocycles. The van der Waals surface area contributed by atoms with Gasteiger partial charge in [-0.05, 0) is 18.4 Å². The first-order valence-electron chi connectivity index (χ1n) is 6.45. The smallest absolute Gasteiger partial charge is 0.253 e. The van der Waals surface area contributed by atoms with E-state index >= 15 is 0 Å². The zero-order valence-electron chi connectivity index (χ0n) is 11.4. The van der Waals surface area contributed by atoms with Crippen molar-refractivity contribution in [2.45, 2.75) is 26.3 Å². The van der Waals surface area contributed by atoms with E-state index in [1.807, 2.05) is 5.38 Å². The molecule has 0 aliphatic rings. The monoisotopic (exact) mass is 291 g/mol. The summed E-state index contributed by atoms with van der Waals surface area (Å²) in [6.07, 6.45) is 3.98. The summed E-state index contributed by atoms with van der Waals surface area (Å²) in [6.45, 7) is 4.21. The minimum absolute atomic E-state index is 0.102. The van der Waals surface area contributed by atoms with E-state index < -0.39 is 0 Å². The summed E-state index contributed by atoms with van der Waals surface area (Å²) in [6, 6.07) is 2.76. The van der Waals surface area contributed by atoms with Crippen LogP contribution in [0.25, 0.3) is 0 Å². The Bertz CT molecular complexity index is 599. The van der Waals surface area contributed by atoms with Gasteiger partial charge in [-0.25, -0.2) is 4.98 Å². The molecule has 0 bridgehead atoms. The fraction of sp³-hybridized carbons (Fsp3) is 0.357. The molecule has 106 valence electrons. The Hall–Kier alpha value is -1.95. The predicted octanol–water partition coefficient (Wildman–Crippen LogP) is 2.35. The fourth-order valence-electron chi connectivity index (χ4n) is 1.89. The molecule has 6 heteroatoms. The third-order valence-corrected chi connectivity index (χ3v) is 3.70. The highest BCUT2D eigenvalue weighted by molar-refractivity contribution is 7.09. The van der Waals surface area contributed by atoms with E-state index in [0.29, 0.717) is 11.5 Å². The van der Waals surface area contributed by atoms with Crippen LogP contribution < -0.4 is 10.9 Å². The molecule has 5 nitrogen and oxygen atoms in total. The van der Waals surface area contributed by atoms with Crippen LogP contribution in [0.15, 0.2) is 34.7 Å². The second-order valence-corrected chi connectivity index (χ2v) is 5.89. The van der Waals surface area contributed by atoms with E-state index in [9.17, 15) is 9.59 Å². The largest absolute Gasteiger partial charge is 0.343 e. The number of amides is 1. The van der Waals surface area contributed by atoms with Crippen LogP contribution in [0.5, 0.6) is 0 Å². The van der Waals surface area contributed by atoms with Crippen molar-refractivity contribution in [1.82, 2.24) is 15.3 Å². The lowest BCUT2D eigenvalue weighted by atomic mass is 10.0. The summed E-state index contributed by atoms with van der Waals surface area (Å²) < 4.78 is 0. The van der Waals surface area contributed by atoms with Crippen LogP contribution in [-0.2, 0) is 0 Å². The quantitative estimate of drug-likeness (QED) is 0.888. The molecule has 2 heterocycles. The summed E-state index contributed by atoms with van der Waals surface area (Å²) in [5, 5.41) is 5.77. The number of hydrogen-bond acceptors (Lipinski definition) is 4. The van der Waals surface area contributed by atoms with Crippen molar-refractivity contribution in [3.8, 4) is 0 Å². The topological polar surface area (TPSA) is 74.8 Å². The fourth-order valence-corrected chi connectivity index (χ4v) is 2.60. The molecule has 1 atom stereocenters. The van der Waals surface area contributed by atoms with Gasteiger partial charge < -0.3 is 10.3 Å². The Morgan fingerprint density at radius 1 is 1.45 bits per heavy atom. The Labute approximate surface area is 121 Å². The van der Waals surface area contributed by atoms with Gasteiger partial charge in [0.25, 0.3) is 5.91 Å². The van der Waals surface area contributed by atoms with Gasteiger partial charge in [-0.2, -0.15) is 0 Å². The first-order valence-corrected chi connectivity index (χ1v) is 7.33. The third kappa shape index (κ3) is 3.77. The molecule has 0 aromatic carbocycles. The lowest BCUT2D eigenvalue weighted by molar-refractivity contribution is 0.0931. The minimum atomic E-state index is -0.222. The zero-order valence-corrected chi connectivity index (χ0v) is 12.2. The average Bonchev–Trinajstić information content (AvgIpc) is 2.92. The summed E-state index contributed by atoms with van der Waals surface area (Å²) in [5.74, 6) is 0.238. The van der Waals surface area contributed by atoms with Crippen LogP contribution in [0.3, 0.4) is 0 Å². The molecule has 2 N–H and O–H groups in total. The first-order chi connectivity index (χ1) is 9.56. The highest BCUT2D eigenvalue weighted by Crippen LogP contribution is 2.23. The molecule has 1 unspecified atom stereocenters. The maximum absolute atomic E-state index is 12.2. The number of rotatable bonds is 5. The van der Waals surface area contributed by atoms with E-state index in [-0.39, 0.29) is 17.5 Å². The Morgan fingerprint density at radius 3 is 2.80 bits per heavy atom. The number of aromatic amines is 1. The van der Waals surface area contributed by atoms with Crippen LogP contribution >= 0.6 is 11.3 Å². The van der Waals surface area contributed by atoms with E-state index in [2.05, 4.69) is 29.1 Å². The molecule has 0 spiro atoms. The molecule has 0 fully saturated rings. The van der Waals surface area contributed by atoms with Crippen molar-refractivity contribution in [2.75, 3.05) is 0 Å². The van der Waals surface area contributed by atoms with Crippen LogP contribution in [-0.4, -0.2) is 15.9 Å².